The summed E-state index contributed by atoms with van der Waals surface area (Å²) in [6, 6.07) is 6.12. The zero-order valence-electron chi connectivity index (χ0n) is 9.35. The van der Waals surface area contributed by atoms with E-state index in [2.05, 4.69) is 14.6 Å². The van der Waals surface area contributed by atoms with Gasteiger partial charge >= 0.3 is 6.29 Å². The topological polar surface area (TPSA) is 62.3 Å². The average molecular weight is 253 g/mol. The smallest absolute Gasteiger partial charge is 0.395 e. The van der Waals surface area contributed by atoms with E-state index in [-0.39, 0.29) is 11.5 Å². The lowest BCUT2D eigenvalue weighted by Crippen LogP contribution is -2.25. The fourth-order valence-electron chi connectivity index (χ4n) is 1.73. The Kier molecular flexibility index (Phi) is 2.01. The molecule has 5 nitrogen and oxygen atoms in total. The van der Waals surface area contributed by atoms with Gasteiger partial charge in [0.1, 0.15) is 5.82 Å². The maximum atomic E-state index is 12.9. The molecule has 1 aromatic heterocycles. The molecule has 2 N–H and O–H groups in total. The van der Waals surface area contributed by atoms with Crippen LogP contribution in [0.2, 0.25) is 0 Å². The predicted molar refractivity (Wildman–Crippen MR) is 59.3 cm³/mol. The highest BCUT2D eigenvalue weighted by atomic mass is 19.3. The second-order valence-corrected chi connectivity index (χ2v) is 3.91. The number of benzene rings is 1. The van der Waals surface area contributed by atoms with Crippen LogP contribution in [0.1, 0.15) is 0 Å². The number of nitrogens with two attached hydrogens (primary N) is 1. The van der Waals surface area contributed by atoms with Crippen molar-refractivity contribution in [2.75, 3.05) is 5.73 Å². The molecule has 7 heteroatoms. The number of aryl methyl sites for hydroxylation is 1. The van der Waals surface area contributed by atoms with Crippen LogP contribution >= 0.6 is 0 Å². The van der Waals surface area contributed by atoms with Gasteiger partial charge in [0.05, 0.1) is 5.69 Å². The Labute approximate surface area is 101 Å². The number of fused-ring (bicyclic) bond motifs is 1. The SMILES string of the molecule is Cn1nc(-c2ccc3c(c2)OC(F)(F)O3)cc1N. The van der Waals surface area contributed by atoms with E-state index in [0.29, 0.717) is 17.1 Å². The first-order valence-electron chi connectivity index (χ1n) is 5.14. The standard InChI is InChI=1S/C11H9F2N3O2/c1-16-10(14)5-7(15-16)6-2-3-8-9(4-6)18-11(12,13)17-8/h2-5H,14H2,1H3. The van der Waals surface area contributed by atoms with E-state index in [1.807, 2.05) is 0 Å². The van der Waals surface area contributed by atoms with Crippen molar-refractivity contribution >= 4 is 5.82 Å². The average Bonchev–Trinajstić information content (AvgIpc) is 2.76. The Hall–Kier alpha value is -2.31. The molecule has 2 aromatic rings. The van der Waals surface area contributed by atoms with Crippen LogP contribution in [0.3, 0.4) is 0 Å². The van der Waals surface area contributed by atoms with Crippen molar-refractivity contribution in [1.29, 1.82) is 0 Å². The Morgan fingerprint density at radius 3 is 2.61 bits per heavy atom. The molecule has 0 atom stereocenters. The molecule has 3 rings (SSSR count). The molecule has 0 radical (unpaired) electrons. The van der Waals surface area contributed by atoms with Gasteiger partial charge in [0.2, 0.25) is 0 Å². The number of hydrogen-bond acceptors (Lipinski definition) is 4. The summed E-state index contributed by atoms with van der Waals surface area (Å²) in [5, 5.41) is 4.15. The molecule has 1 aromatic carbocycles. The molecule has 0 saturated heterocycles. The van der Waals surface area contributed by atoms with Crippen molar-refractivity contribution < 1.29 is 18.3 Å². The molecule has 0 unspecified atom stereocenters. The number of ether oxygens (including phenoxy) is 2. The number of aromatic nitrogens is 2. The van der Waals surface area contributed by atoms with Gasteiger partial charge in [-0.15, -0.1) is 8.78 Å². The van der Waals surface area contributed by atoms with E-state index >= 15 is 0 Å². The quantitative estimate of drug-likeness (QED) is 0.844. The van der Waals surface area contributed by atoms with Crippen molar-refractivity contribution in [1.82, 2.24) is 9.78 Å². The maximum absolute atomic E-state index is 12.9. The molecule has 1 aliphatic rings. The van der Waals surface area contributed by atoms with Crippen LogP contribution in [0.5, 0.6) is 11.5 Å². The van der Waals surface area contributed by atoms with E-state index < -0.39 is 6.29 Å². The lowest BCUT2D eigenvalue weighted by atomic mass is 10.1. The molecule has 0 bridgehead atoms. The molecular formula is C11H9F2N3O2. The number of rotatable bonds is 1. The Bertz CT molecular complexity index is 605. The van der Waals surface area contributed by atoms with E-state index in [1.54, 1.807) is 19.2 Å². The van der Waals surface area contributed by atoms with E-state index in [1.165, 1.54) is 16.8 Å². The second kappa shape index (κ2) is 3.34. The van der Waals surface area contributed by atoms with Gasteiger partial charge in [-0.05, 0) is 18.2 Å². The Balaban J connectivity index is 2.02. The normalized spacial score (nSPS) is 15.9. The summed E-state index contributed by atoms with van der Waals surface area (Å²) in [5.74, 6) is 0.474. The molecule has 2 heterocycles. The summed E-state index contributed by atoms with van der Waals surface area (Å²) in [6.45, 7) is 0. The number of alkyl halides is 2. The lowest BCUT2D eigenvalue weighted by molar-refractivity contribution is -0.286. The third kappa shape index (κ3) is 1.64. The fourth-order valence-corrected chi connectivity index (χ4v) is 1.73. The van der Waals surface area contributed by atoms with Gasteiger partial charge in [0.15, 0.2) is 11.5 Å². The van der Waals surface area contributed by atoms with E-state index in [4.69, 9.17) is 5.73 Å². The van der Waals surface area contributed by atoms with Crippen LogP contribution in [0, 0.1) is 0 Å². The third-order valence-electron chi connectivity index (χ3n) is 2.61. The monoisotopic (exact) mass is 253 g/mol. The molecule has 0 spiro atoms. The maximum Gasteiger partial charge on any atom is 0.586 e. The zero-order valence-corrected chi connectivity index (χ0v) is 9.35. The van der Waals surface area contributed by atoms with Gasteiger partial charge in [0, 0.05) is 18.7 Å². The summed E-state index contributed by atoms with van der Waals surface area (Å²) in [6.07, 6.45) is -3.61. The van der Waals surface area contributed by atoms with Crippen molar-refractivity contribution in [3.05, 3.63) is 24.3 Å². The summed E-state index contributed by atoms with van der Waals surface area (Å²) >= 11 is 0. The highest BCUT2D eigenvalue weighted by Gasteiger charge is 2.43. The highest BCUT2D eigenvalue weighted by Crippen LogP contribution is 2.42. The van der Waals surface area contributed by atoms with Gasteiger partial charge in [0.25, 0.3) is 0 Å². The minimum absolute atomic E-state index is 0.00709. The second-order valence-electron chi connectivity index (χ2n) is 3.91. The summed E-state index contributed by atoms with van der Waals surface area (Å²) in [4.78, 5) is 0. The number of anilines is 1. The van der Waals surface area contributed by atoms with E-state index in [0.717, 1.165) is 0 Å². The number of nitrogen functional groups attached to an aromatic ring is 1. The van der Waals surface area contributed by atoms with Crippen molar-refractivity contribution in [3.8, 4) is 22.8 Å². The first-order valence-corrected chi connectivity index (χ1v) is 5.14. The zero-order chi connectivity index (χ0) is 12.9. The van der Waals surface area contributed by atoms with Gasteiger partial charge in [-0.25, -0.2) is 0 Å². The number of halogens is 2. The van der Waals surface area contributed by atoms with Crippen LogP contribution in [0.4, 0.5) is 14.6 Å². The molecule has 0 fully saturated rings. The minimum atomic E-state index is -3.61. The predicted octanol–water partition coefficient (Wildman–Crippen LogP) is 1.99. The van der Waals surface area contributed by atoms with Gasteiger partial charge in [-0.1, -0.05) is 0 Å². The summed E-state index contributed by atoms with van der Waals surface area (Å²) < 4.78 is 35.9. The molecule has 18 heavy (non-hydrogen) atoms. The molecule has 1 aliphatic heterocycles. The van der Waals surface area contributed by atoms with Crippen LogP contribution < -0.4 is 15.2 Å². The van der Waals surface area contributed by atoms with E-state index in [9.17, 15) is 8.78 Å². The molecule has 0 aliphatic carbocycles. The number of hydrogen-bond donors (Lipinski definition) is 1. The van der Waals surface area contributed by atoms with Gasteiger partial charge < -0.3 is 15.2 Å². The van der Waals surface area contributed by atoms with Gasteiger partial charge in [-0.3, -0.25) is 4.68 Å². The first-order chi connectivity index (χ1) is 8.44. The van der Waals surface area contributed by atoms with Crippen molar-refractivity contribution in [2.24, 2.45) is 7.05 Å². The van der Waals surface area contributed by atoms with Gasteiger partial charge in [-0.2, -0.15) is 5.10 Å². The largest absolute Gasteiger partial charge is 0.586 e. The van der Waals surface area contributed by atoms with Crippen LogP contribution in [0.15, 0.2) is 24.3 Å². The lowest BCUT2D eigenvalue weighted by Gasteiger charge is -2.04. The Morgan fingerprint density at radius 1 is 1.22 bits per heavy atom. The minimum Gasteiger partial charge on any atom is -0.395 e. The third-order valence-corrected chi connectivity index (χ3v) is 2.61. The van der Waals surface area contributed by atoms with Crippen molar-refractivity contribution in [2.45, 2.75) is 6.29 Å². The van der Waals surface area contributed by atoms with Crippen molar-refractivity contribution in [3.63, 3.8) is 0 Å². The Morgan fingerprint density at radius 2 is 1.94 bits per heavy atom. The summed E-state index contributed by atoms with van der Waals surface area (Å²) in [5.41, 5.74) is 6.87. The molecule has 0 saturated carbocycles. The fraction of sp³-hybridized carbons (Fsp3) is 0.182. The molecule has 0 amide bonds. The molecular weight excluding hydrogens is 244 g/mol. The molecule has 94 valence electrons. The number of nitrogens with zero attached hydrogens (tertiary/aromatic N) is 2. The van der Waals surface area contributed by atoms with Crippen LogP contribution in [-0.4, -0.2) is 16.1 Å². The summed E-state index contributed by atoms with van der Waals surface area (Å²) in [7, 11) is 1.69. The van der Waals surface area contributed by atoms with Crippen LogP contribution in [-0.2, 0) is 7.05 Å². The first kappa shape index (κ1) is 10.8. The highest BCUT2D eigenvalue weighted by molar-refractivity contribution is 5.66. The van der Waals surface area contributed by atoms with Crippen LogP contribution in [0.25, 0.3) is 11.3 Å².